The zero-order chi connectivity index (χ0) is 64.3. The molecule has 20 nitrogen and oxygen atoms in total. The number of nitrogens with one attached hydrogen (secondary N) is 3. The Morgan fingerprint density at radius 2 is 1.67 bits per heavy atom. The van der Waals surface area contributed by atoms with Crippen LogP contribution in [0.1, 0.15) is 117 Å². The van der Waals surface area contributed by atoms with E-state index in [-0.39, 0.29) is 42.1 Å². The number of aromatic carboxylic acids is 1. The Hall–Kier alpha value is -8.80. The van der Waals surface area contributed by atoms with Crippen molar-refractivity contribution in [2.45, 2.75) is 97.9 Å². The fourth-order valence-corrected chi connectivity index (χ4v) is 14.2. The van der Waals surface area contributed by atoms with E-state index in [1.54, 1.807) is 48.6 Å². The molecule has 5 N–H and O–H groups in total. The van der Waals surface area contributed by atoms with Gasteiger partial charge < -0.3 is 45.6 Å². The molecule has 0 saturated carbocycles. The quantitative estimate of drug-likeness (QED) is 0.0396. The summed E-state index contributed by atoms with van der Waals surface area (Å²) in [7, 11) is 0. The Morgan fingerprint density at radius 3 is 2.38 bits per heavy atom. The molecule has 4 atom stereocenters. The molecule has 2 unspecified atom stereocenters. The number of aliphatic hydroxyl groups excluding tert-OH is 1. The fraction of sp³-hybridized carbons (Fsp3) is 0.364. The van der Waals surface area contributed by atoms with Crippen molar-refractivity contribution in [3.63, 3.8) is 0 Å². The summed E-state index contributed by atoms with van der Waals surface area (Å²) in [6, 6.07) is 21.0. The van der Waals surface area contributed by atoms with Crippen LogP contribution in [-0.2, 0) is 22.4 Å². The van der Waals surface area contributed by atoms with E-state index in [2.05, 4.69) is 52.9 Å². The minimum atomic E-state index is -1.22. The summed E-state index contributed by atoms with van der Waals surface area (Å²) < 4.78 is 38.1. The molecule has 0 aliphatic carbocycles. The monoisotopic (exact) mass is 1290 g/mol. The summed E-state index contributed by atoms with van der Waals surface area (Å²) in [6.45, 7) is 13.4. The van der Waals surface area contributed by atoms with Gasteiger partial charge in [-0.1, -0.05) is 80.3 Å². The number of aryl methyl sites for hydroxylation is 2. The molecule has 472 valence electrons. The van der Waals surface area contributed by atoms with Gasteiger partial charge in [-0.15, -0.1) is 32.9 Å². The number of likely N-dealkylation sites (tertiary alicyclic amines) is 1. The highest BCUT2D eigenvalue weighted by atomic mass is 32.1. The Labute approximate surface area is 536 Å². The van der Waals surface area contributed by atoms with Crippen molar-refractivity contribution in [2.24, 2.45) is 5.41 Å². The van der Waals surface area contributed by atoms with Gasteiger partial charge in [-0.2, -0.15) is 0 Å². The minimum absolute atomic E-state index is 0.00750. The number of ether oxygens (including phenoxy) is 1. The lowest BCUT2D eigenvalue weighted by Crippen LogP contribution is -2.58. The number of aromatic nitrogens is 5. The average molecular weight is 1290 g/mol. The first-order valence-corrected chi connectivity index (χ1v) is 32.5. The summed E-state index contributed by atoms with van der Waals surface area (Å²) in [5, 5.41) is 40.2. The fourth-order valence-electron chi connectivity index (χ4n) is 11.4. The van der Waals surface area contributed by atoms with Crippen molar-refractivity contribution >= 4 is 95.7 Å². The van der Waals surface area contributed by atoms with Crippen LogP contribution >= 0.6 is 34.0 Å². The molecule has 3 aliphatic heterocycles. The van der Waals surface area contributed by atoms with E-state index in [4.69, 9.17) is 4.74 Å². The number of carboxylic acids is 1. The molecule has 3 aliphatic rings. The highest BCUT2D eigenvalue weighted by Gasteiger charge is 2.45. The number of piperazine rings is 1. The van der Waals surface area contributed by atoms with Crippen molar-refractivity contribution in [3.8, 4) is 28.0 Å². The van der Waals surface area contributed by atoms with E-state index in [1.807, 2.05) is 79.1 Å². The van der Waals surface area contributed by atoms with Gasteiger partial charge in [-0.25, -0.2) is 28.5 Å². The van der Waals surface area contributed by atoms with E-state index in [1.165, 1.54) is 51.8 Å². The van der Waals surface area contributed by atoms with Gasteiger partial charge in [0.25, 0.3) is 11.8 Å². The third-order valence-corrected chi connectivity index (χ3v) is 19.5. The van der Waals surface area contributed by atoms with E-state index in [0.717, 1.165) is 61.9 Å². The maximum Gasteiger partial charge on any atom is 0.355 e. The normalized spacial score (nSPS) is 16.6. The predicted molar refractivity (Wildman–Crippen MR) is 346 cm³/mol. The standard InChI is InChI=1S/C66H68F2N12O8S3/c1-37-45-13-10-26-79(58(45)76-75-57(37)74-64-71-49-14-7-8-15-52(49)90-64)65-72-54(63(86)87)53(91-65)16-11-31-88-51-24-17-40(32-48(51)68)12-9-25-77-27-29-78(30-28-77)61(84)43-22-23-46(47(67)33-43)59(82)73-56(66(4,5)6)62(85)80-35-44(81)34-50(80)60(83)70-38(2)41-18-20-42(21-19-41)55-39(3)69-36-89-55/h7-8,14-15,17-24,32-33,36,38,44,50,56,81H,10-11,13,16,25-31,34-35H2,1-6H3,(H,70,83)(H,73,82)(H,86,87)(H,71,74,75)/t38?,44-,50+,56?/m1/s1. The molecule has 4 aromatic carbocycles. The van der Waals surface area contributed by atoms with Gasteiger partial charge in [0, 0.05) is 72.8 Å². The van der Waals surface area contributed by atoms with Gasteiger partial charge in [-0.05, 0) is 112 Å². The molecule has 2 saturated heterocycles. The molecule has 0 spiro atoms. The van der Waals surface area contributed by atoms with Gasteiger partial charge in [0.05, 0.1) is 57.2 Å². The van der Waals surface area contributed by atoms with Crippen LogP contribution in [0.15, 0.2) is 90.4 Å². The van der Waals surface area contributed by atoms with Crippen LogP contribution in [0.2, 0.25) is 0 Å². The molecular formula is C66H68F2N12O8S3. The number of halogens is 2. The third-order valence-electron chi connectivity index (χ3n) is 16.4. The van der Waals surface area contributed by atoms with Gasteiger partial charge in [0.1, 0.15) is 17.9 Å². The molecule has 0 radical (unpaired) electrons. The number of hydrogen-bond donors (Lipinski definition) is 5. The molecule has 8 aromatic rings. The van der Waals surface area contributed by atoms with Crippen LogP contribution in [0.4, 0.5) is 30.7 Å². The van der Waals surface area contributed by atoms with Crippen molar-refractivity contribution in [3.05, 3.63) is 152 Å². The first-order chi connectivity index (χ1) is 43.7. The summed E-state index contributed by atoms with van der Waals surface area (Å²) >= 11 is 4.36. The number of benzene rings is 4. The lowest BCUT2D eigenvalue weighted by molar-refractivity contribution is -0.142. The Morgan fingerprint density at radius 1 is 0.890 bits per heavy atom. The Bertz CT molecular complexity index is 4100. The van der Waals surface area contributed by atoms with Gasteiger partial charge in [0.15, 0.2) is 39.2 Å². The zero-order valence-electron chi connectivity index (χ0n) is 51.0. The van der Waals surface area contributed by atoms with Crippen molar-refractivity contribution in [1.82, 2.24) is 50.5 Å². The Kier molecular flexibility index (Phi) is 19.2. The number of carbonyl (C=O) groups is 5. The number of aliphatic hydroxyl groups is 1. The minimum Gasteiger partial charge on any atom is -0.491 e. The topological polar surface area (TPSA) is 249 Å². The molecule has 0 bridgehead atoms. The van der Waals surface area contributed by atoms with Crippen molar-refractivity contribution in [2.75, 3.05) is 62.6 Å². The molecule has 11 rings (SSSR count). The van der Waals surface area contributed by atoms with E-state index >= 15 is 8.78 Å². The summed E-state index contributed by atoms with van der Waals surface area (Å²) in [5.74, 6) is 2.28. The summed E-state index contributed by atoms with van der Waals surface area (Å²) in [4.78, 5) is 90.0. The van der Waals surface area contributed by atoms with Crippen LogP contribution in [0.25, 0.3) is 20.7 Å². The molecule has 4 aromatic heterocycles. The first kappa shape index (κ1) is 63.8. The second-order valence-corrected chi connectivity index (χ2v) is 26.8. The molecule has 7 heterocycles. The third kappa shape index (κ3) is 14.4. The van der Waals surface area contributed by atoms with Crippen LogP contribution in [0, 0.1) is 42.7 Å². The van der Waals surface area contributed by atoms with Crippen molar-refractivity contribution < 1.29 is 47.7 Å². The second-order valence-electron chi connectivity index (χ2n) is 23.9. The number of thiazole rings is 3. The maximum atomic E-state index is 15.9. The largest absolute Gasteiger partial charge is 0.491 e. The van der Waals surface area contributed by atoms with Gasteiger partial charge in [-0.3, -0.25) is 24.1 Å². The van der Waals surface area contributed by atoms with Crippen LogP contribution in [0.3, 0.4) is 0 Å². The predicted octanol–water partition coefficient (Wildman–Crippen LogP) is 9.89. The maximum absolute atomic E-state index is 15.9. The van der Waals surface area contributed by atoms with Crippen molar-refractivity contribution in [1.29, 1.82) is 0 Å². The summed E-state index contributed by atoms with van der Waals surface area (Å²) in [5.41, 5.74) is 6.54. The number of rotatable bonds is 18. The number of hydrogen-bond acceptors (Lipinski definition) is 18. The number of carboxylic acid groups (broad SMARTS) is 1. The Balaban J connectivity index is 0.630. The highest BCUT2D eigenvalue weighted by molar-refractivity contribution is 7.22. The van der Waals surface area contributed by atoms with E-state index < -0.39 is 70.9 Å². The van der Waals surface area contributed by atoms with Gasteiger partial charge in [0.2, 0.25) is 11.8 Å². The second kappa shape index (κ2) is 27.3. The summed E-state index contributed by atoms with van der Waals surface area (Å²) in [6.07, 6.45) is 1.32. The number of amides is 4. The molecule has 4 amide bonds. The number of nitrogens with zero attached hydrogens (tertiary/aromatic N) is 9. The highest BCUT2D eigenvalue weighted by Crippen LogP contribution is 2.40. The molecule has 91 heavy (non-hydrogen) atoms. The van der Waals surface area contributed by atoms with Crippen LogP contribution < -0.4 is 25.6 Å². The number of β-amino-alcohol motifs (C(OH)–C–C–N with tert-alkyl or cyclic N) is 1. The average Bonchev–Trinajstić information content (AvgIpc) is 2.22. The van der Waals surface area contributed by atoms with Crippen LogP contribution in [-0.4, -0.2) is 150 Å². The van der Waals surface area contributed by atoms with E-state index in [0.29, 0.717) is 84.4 Å². The molecule has 2 fully saturated rings. The smallest absolute Gasteiger partial charge is 0.355 e. The number of carbonyl (C=O) groups excluding carboxylic acids is 4. The zero-order valence-corrected chi connectivity index (χ0v) is 53.5. The lowest BCUT2D eigenvalue weighted by Gasteiger charge is -2.35. The molecular weight excluding hydrogens is 1220 g/mol. The number of anilines is 4. The first-order valence-electron chi connectivity index (χ1n) is 30.0. The van der Waals surface area contributed by atoms with Gasteiger partial charge >= 0.3 is 5.97 Å². The van der Waals surface area contributed by atoms with Crippen LogP contribution in [0.5, 0.6) is 5.75 Å². The van der Waals surface area contributed by atoms with E-state index in [9.17, 15) is 34.2 Å². The lowest BCUT2D eigenvalue weighted by atomic mass is 9.85. The molecule has 25 heteroatoms. The SMILES string of the molecule is Cc1ncsc1-c1ccc(C(C)NC(=O)[C@@H]2C[C@@H](O)CN2C(=O)C(NC(=O)c2ccc(C(=O)N3CCN(CC#Cc4ccc(OCCCc5sc(N6CCCc7c6nnc(Nc6nc8ccccc8s6)c7C)nc5C(=O)O)c(F)c4)CC3)cc2F)C(C)(C)C)cc1. The number of para-hydroxylation sites is 1. The number of fused-ring (bicyclic) bond motifs is 2.